The fraction of sp³-hybridized carbons (Fsp3) is 0. The zero-order chi connectivity index (χ0) is 21.7. The summed E-state index contributed by atoms with van der Waals surface area (Å²) >= 11 is 0. The third kappa shape index (κ3) is 2.80. The van der Waals surface area contributed by atoms with Crippen molar-refractivity contribution in [1.29, 1.82) is 0 Å². The molecule has 0 heterocycles. The number of halogens is 2. The van der Waals surface area contributed by atoms with Crippen molar-refractivity contribution in [2.24, 2.45) is 0 Å². The molecular weight excluding hydrogens is 398 g/mol. The smallest absolute Gasteiger partial charge is 0.167 e. The molecule has 2 heteroatoms. The Labute approximate surface area is 184 Å². The zero-order valence-corrected chi connectivity index (χ0v) is 17.1. The van der Waals surface area contributed by atoms with Crippen LogP contribution in [0.3, 0.4) is 0 Å². The molecule has 0 amide bonds. The molecule has 0 fully saturated rings. The van der Waals surface area contributed by atoms with Crippen LogP contribution in [-0.2, 0) is 0 Å². The van der Waals surface area contributed by atoms with Gasteiger partial charge in [-0.1, -0.05) is 97.1 Å². The number of benzene rings is 6. The van der Waals surface area contributed by atoms with Crippen LogP contribution in [0.5, 0.6) is 0 Å². The number of fused-ring (bicyclic) bond motifs is 6. The van der Waals surface area contributed by atoms with Gasteiger partial charge in [0.05, 0.1) is 0 Å². The second-order valence-electron chi connectivity index (χ2n) is 8.01. The molecule has 152 valence electrons. The summed E-state index contributed by atoms with van der Waals surface area (Å²) in [6, 6.07) is 34.3. The van der Waals surface area contributed by atoms with E-state index in [0.29, 0.717) is 10.8 Å². The van der Waals surface area contributed by atoms with Gasteiger partial charge in [-0.3, -0.25) is 0 Å². The van der Waals surface area contributed by atoms with Crippen molar-refractivity contribution in [1.82, 2.24) is 0 Å². The largest absolute Gasteiger partial charge is 0.203 e. The van der Waals surface area contributed by atoms with E-state index in [9.17, 15) is 0 Å². The van der Waals surface area contributed by atoms with E-state index in [0.717, 1.165) is 32.3 Å². The van der Waals surface area contributed by atoms with Crippen molar-refractivity contribution in [3.05, 3.63) is 120 Å². The topological polar surface area (TPSA) is 0 Å². The van der Waals surface area contributed by atoms with Crippen LogP contribution in [0, 0.1) is 0 Å². The molecule has 0 radical (unpaired) electrons. The van der Waals surface area contributed by atoms with Crippen LogP contribution < -0.4 is 0 Å². The highest BCUT2D eigenvalue weighted by Gasteiger charge is 2.18. The van der Waals surface area contributed by atoms with Crippen LogP contribution in [0.1, 0.15) is 11.1 Å². The fourth-order valence-corrected chi connectivity index (χ4v) is 4.71. The summed E-state index contributed by atoms with van der Waals surface area (Å²) in [5, 5.41) is 7.03. The molecule has 6 aromatic carbocycles. The van der Waals surface area contributed by atoms with E-state index in [1.165, 1.54) is 0 Å². The molecule has 0 nitrogen and oxygen atoms in total. The lowest BCUT2D eigenvalue weighted by molar-refractivity contribution is 0.702. The summed E-state index contributed by atoms with van der Waals surface area (Å²) in [6.45, 7) is 0. The third-order valence-electron chi connectivity index (χ3n) is 6.20. The van der Waals surface area contributed by atoms with Crippen molar-refractivity contribution in [2.45, 2.75) is 0 Å². The van der Waals surface area contributed by atoms with Gasteiger partial charge in [0.25, 0.3) is 0 Å². The molecule has 0 aliphatic carbocycles. The van der Waals surface area contributed by atoms with Crippen LogP contribution in [0.4, 0.5) is 8.78 Å². The lowest BCUT2D eigenvalue weighted by Gasteiger charge is -2.12. The standard InChI is InChI=1S/C30H18F2/c31-29(27-17-19-9-1-3-11-21(19)23-13-5-7-15-25(23)27)30(32)28-18-20-10-2-4-12-22(20)24-14-6-8-16-26(24)28/h1-18H/b30-29-. The molecule has 0 saturated heterocycles. The Hall–Kier alpha value is -4.04. The van der Waals surface area contributed by atoms with Gasteiger partial charge in [-0.15, -0.1) is 0 Å². The number of rotatable bonds is 2. The van der Waals surface area contributed by atoms with Gasteiger partial charge < -0.3 is 0 Å². The molecule has 32 heavy (non-hydrogen) atoms. The summed E-state index contributed by atoms with van der Waals surface area (Å²) in [7, 11) is 0. The summed E-state index contributed by atoms with van der Waals surface area (Å²) < 4.78 is 31.8. The van der Waals surface area contributed by atoms with Crippen LogP contribution in [0.15, 0.2) is 109 Å². The Kier molecular flexibility index (Phi) is 4.26. The maximum Gasteiger partial charge on any atom is 0.167 e. The molecular formula is C30H18F2. The van der Waals surface area contributed by atoms with Crippen LogP contribution >= 0.6 is 0 Å². The highest BCUT2D eigenvalue weighted by atomic mass is 19.2. The maximum atomic E-state index is 15.9. The Balaban J connectivity index is 1.69. The highest BCUT2D eigenvalue weighted by molar-refractivity contribution is 6.15. The Bertz CT molecular complexity index is 1570. The molecule has 0 aliphatic rings. The van der Waals surface area contributed by atoms with Gasteiger partial charge in [0.1, 0.15) is 0 Å². The van der Waals surface area contributed by atoms with E-state index in [-0.39, 0.29) is 11.1 Å². The molecule has 0 unspecified atom stereocenters. The normalized spacial score (nSPS) is 12.6. The van der Waals surface area contributed by atoms with Crippen molar-refractivity contribution in [3.63, 3.8) is 0 Å². The first-order valence-electron chi connectivity index (χ1n) is 10.6. The van der Waals surface area contributed by atoms with Crippen LogP contribution in [0.25, 0.3) is 54.7 Å². The summed E-state index contributed by atoms with van der Waals surface area (Å²) in [4.78, 5) is 0. The Morgan fingerprint density at radius 3 is 1.09 bits per heavy atom. The van der Waals surface area contributed by atoms with Crippen LogP contribution in [0.2, 0.25) is 0 Å². The van der Waals surface area contributed by atoms with E-state index in [2.05, 4.69) is 0 Å². The summed E-state index contributed by atoms with van der Waals surface area (Å²) in [5.74, 6) is -1.68. The first-order chi connectivity index (χ1) is 15.7. The minimum absolute atomic E-state index is 0.272. The van der Waals surface area contributed by atoms with Gasteiger partial charge in [-0.2, -0.15) is 0 Å². The Morgan fingerprint density at radius 2 is 0.688 bits per heavy atom. The molecule has 0 bridgehead atoms. The second-order valence-corrected chi connectivity index (χ2v) is 8.01. The summed E-state index contributed by atoms with van der Waals surface area (Å²) in [6.07, 6.45) is 0. The summed E-state index contributed by atoms with van der Waals surface area (Å²) in [5.41, 5.74) is 0.545. The molecule has 0 N–H and O–H groups in total. The van der Waals surface area contributed by atoms with Crippen molar-refractivity contribution < 1.29 is 8.78 Å². The van der Waals surface area contributed by atoms with Gasteiger partial charge in [-0.05, 0) is 55.2 Å². The molecule has 0 aliphatic heterocycles. The number of hydrogen-bond acceptors (Lipinski definition) is 0. The molecule has 0 saturated carbocycles. The Morgan fingerprint density at radius 1 is 0.375 bits per heavy atom. The molecule has 6 aromatic rings. The van der Waals surface area contributed by atoms with E-state index in [1.807, 2.05) is 97.1 Å². The first kappa shape index (κ1) is 18.7. The van der Waals surface area contributed by atoms with Gasteiger partial charge in [0.15, 0.2) is 11.7 Å². The fourth-order valence-electron chi connectivity index (χ4n) is 4.71. The molecule has 0 spiro atoms. The third-order valence-corrected chi connectivity index (χ3v) is 6.20. The predicted octanol–water partition coefficient (Wildman–Crippen LogP) is 9.06. The highest BCUT2D eigenvalue weighted by Crippen LogP contribution is 2.40. The predicted molar refractivity (Wildman–Crippen MR) is 132 cm³/mol. The van der Waals surface area contributed by atoms with E-state index >= 15 is 8.78 Å². The lowest BCUT2D eigenvalue weighted by Crippen LogP contribution is -1.90. The van der Waals surface area contributed by atoms with Crippen LogP contribution in [-0.4, -0.2) is 0 Å². The molecule has 6 rings (SSSR count). The van der Waals surface area contributed by atoms with E-state index in [4.69, 9.17) is 0 Å². The van der Waals surface area contributed by atoms with E-state index in [1.54, 1.807) is 12.1 Å². The zero-order valence-electron chi connectivity index (χ0n) is 17.1. The van der Waals surface area contributed by atoms with E-state index < -0.39 is 11.7 Å². The second kappa shape index (κ2) is 7.28. The quantitative estimate of drug-likeness (QED) is 0.195. The SMILES string of the molecule is F/C(=C(\F)c1cc2ccccc2c2ccccc12)c1cc2ccccc2c2ccccc12. The van der Waals surface area contributed by atoms with Gasteiger partial charge in [0, 0.05) is 11.1 Å². The van der Waals surface area contributed by atoms with Crippen molar-refractivity contribution in [2.75, 3.05) is 0 Å². The molecule has 0 atom stereocenters. The lowest BCUT2D eigenvalue weighted by atomic mass is 9.93. The van der Waals surface area contributed by atoms with Gasteiger partial charge in [-0.25, -0.2) is 8.78 Å². The monoisotopic (exact) mass is 416 g/mol. The molecule has 0 aromatic heterocycles. The maximum absolute atomic E-state index is 15.9. The van der Waals surface area contributed by atoms with Gasteiger partial charge in [0.2, 0.25) is 0 Å². The minimum Gasteiger partial charge on any atom is -0.203 e. The number of hydrogen-bond donors (Lipinski definition) is 0. The van der Waals surface area contributed by atoms with Crippen molar-refractivity contribution >= 4 is 54.7 Å². The van der Waals surface area contributed by atoms with Gasteiger partial charge >= 0.3 is 0 Å². The van der Waals surface area contributed by atoms with Crippen molar-refractivity contribution in [3.8, 4) is 0 Å². The minimum atomic E-state index is -0.840. The average Bonchev–Trinajstić information content (AvgIpc) is 2.87. The average molecular weight is 416 g/mol. The first-order valence-corrected chi connectivity index (χ1v) is 10.6.